The van der Waals surface area contributed by atoms with Crippen LogP contribution in [0.3, 0.4) is 0 Å². The van der Waals surface area contributed by atoms with E-state index in [1.807, 2.05) is 42.7 Å². The van der Waals surface area contributed by atoms with Crippen molar-refractivity contribution in [3.05, 3.63) is 36.9 Å². The molecule has 0 aliphatic carbocycles. The van der Waals surface area contributed by atoms with Gasteiger partial charge < -0.3 is 10.1 Å². The van der Waals surface area contributed by atoms with Crippen LogP contribution in [0.2, 0.25) is 0 Å². The van der Waals surface area contributed by atoms with Crippen LogP contribution in [0.15, 0.2) is 42.1 Å². The number of methoxy groups -OCH3 is 1. The summed E-state index contributed by atoms with van der Waals surface area (Å²) in [6.45, 7) is 8.93. The molecule has 0 aliphatic heterocycles. The Hall–Kier alpha value is -2.28. The predicted octanol–water partition coefficient (Wildman–Crippen LogP) is 3.15. The Kier molecular flexibility index (Phi) is 7.06. The second-order valence-corrected chi connectivity index (χ2v) is 6.76. The Labute approximate surface area is 152 Å². The minimum Gasteiger partial charge on any atom is -0.496 e. The zero-order valence-electron chi connectivity index (χ0n) is 14.9. The highest BCUT2D eigenvalue weighted by Crippen LogP contribution is 2.32. The average Bonchev–Trinajstić information content (AvgIpc) is 3.02. The van der Waals surface area contributed by atoms with Crippen molar-refractivity contribution in [1.82, 2.24) is 20.1 Å². The van der Waals surface area contributed by atoms with Crippen LogP contribution in [0.4, 0.5) is 0 Å². The summed E-state index contributed by atoms with van der Waals surface area (Å²) >= 11 is 1.39. The summed E-state index contributed by atoms with van der Waals surface area (Å²) < 4.78 is 7.37. The molecule has 2 rings (SSSR count). The number of benzene rings is 1. The molecule has 2 aromatic rings. The fourth-order valence-electron chi connectivity index (χ4n) is 2.30. The summed E-state index contributed by atoms with van der Waals surface area (Å²) in [5.41, 5.74) is 0.856. The van der Waals surface area contributed by atoms with Gasteiger partial charge in [0.05, 0.1) is 17.9 Å². The van der Waals surface area contributed by atoms with Gasteiger partial charge in [-0.05, 0) is 25.5 Å². The minimum absolute atomic E-state index is 0.00107. The smallest absolute Gasteiger partial charge is 0.233 e. The van der Waals surface area contributed by atoms with Crippen LogP contribution in [0.1, 0.15) is 20.3 Å². The second kappa shape index (κ2) is 9.27. The number of nitrogens with zero attached hydrogens (tertiary/aromatic N) is 3. The monoisotopic (exact) mass is 360 g/mol. The number of carbonyl (C=O) groups excluding carboxylic acids is 1. The molecule has 0 saturated heterocycles. The first kappa shape index (κ1) is 19.1. The maximum atomic E-state index is 12.1. The molecule has 0 saturated carbocycles. The number of hydrogen-bond donors (Lipinski definition) is 1. The van der Waals surface area contributed by atoms with E-state index in [0.717, 1.165) is 17.7 Å². The lowest BCUT2D eigenvalue weighted by atomic mass is 10.2. The van der Waals surface area contributed by atoms with Gasteiger partial charge in [-0.15, -0.1) is 16.8 Å². The van der Waals surface area contributed by atoms with Gasteiger partial charge >= 0.3 is 0 Å². The summed E-state index contributed by atoms with van der Waals surface area (Å²) in [5, 5.41) is 11.9. The zero-order chi connectivity index (χ0) is 18.2. The van der Waals surface area contributed by atoms with Crippen molar-refractivity contribution in [2.75, 3.05) is 13.7 Å². The molecule has 25 heavy (non-hydrogen) atoms. The first-order valence-electron chi connectivity index (χ1n) is 8.24. The van der Waals surface area contributed by atoms with Gasteiger partial charge in [0.15, 0.2) is 11.0 Å². The highest BCUT2D eigenvalue weighted by molar-refractivity contribution is 8.00. The molecule has 1 heterocycles. The number of amides is 1. The van der Waals surface area contributed by atoms with Crippen LogP contribution < -0.4 is 10.1 Å². The molecule has 1 aromatic carbocycles. The number of nitrogens with one attached hydrogen (secondary N) is 1. The van der Waals surface area contributed by atoms with E-state index in [2.05, 4.69) is 22.1 Å². The minimum atomic E-state index is -0.259. The molecule has 1 atom stereocenters. The first-order chi connectivity index (χ1) is 12.1. The second-order valence-electron chi connectivity index (χ2n) is 5.46. The normalized spacial score (nSPS) is 11.8. The van der Waals surface area contributed by atoms with Crippen molar-refractivity contribution in [2.24, 2.45) is 0 Å². The first-order valence-corrected chi connectivity index (χ1v) is 9.12. The van der Waals surface area contributed by atoms with Gasteiger partial charge in [-0.25, -0.2) is 0 Å². The Morgan fingerprint density at radius 2 is 2.20 bits per heavy atom. The number of aromatic nitrogens is 3. The molecule has 1 aromatic heterocycles. The molecular weight excluding hydrogens is 336 g/mol. The largest absolute Gasteiger partial charge is 0.496 e. The third kappa shape index (κ3) is 4.63. The van der Waals surface area contributed by atoms with E-state index in [-0.39, 0.29) is 11.2 Å². The van der Waals surface area contributed by atoms with E-state index in [0.29, 0.717) is 24.1 Å². The van der Waals surface area contributed by atoms with Crippen molar-refractivity contribution < 1.29 is 9.53 Å². The fraction of sp³-hybridized carbons (Fsp3) is 0.389. The Morgan fingerprint density at radius 1 is 1.44 bits per heavy atom. The average molecular weight is 360 g/mol. The summed E-state index contributed by atoms with van der Waals surface area (Å²) in [6, 6.07) is 7.66. The van der Waals surface area contributed by atoms with Gasteiger partial charge in [0.25, 0.3) is 0 Å². The summed E-state index contributed by atoms with van der Waals surface area (Å²) in [5.74, 6) is 1.42. The van der Waals surface area contributed by atoms with Gasteiger partial charge in [0.2, 0.25) is 5.91 Å². The van der Waals surface area contributed by atoms with Crippen molar-refractivity contribution in [3.63, 3.8) is 0 Å². The maximum absolute atomic E-state index is 12.1. The molecule has 0 bridgehead atoms. The molecule has 0 radical (unpaired) electrons. The summed E-state index contributed by atoms with van der Waals surface area (Å²) in [6.07, 6.45) is 2.70. The van der Waals surface area contributed by atoms with Crippen LogP contribution in [0.25, 0.3) is 11.4 Å². The molecule has 0 spiro atoms. The number of para-hydroxylation sites is 1. The lowest BCUT2D eigenvalue weighted by Gasteiger charge is -2.13. The summed E-state index contributed by atoms with van der Waals surface area (Å²) in [4.78, 5) is 12.1. The van der Waals surface area contributed by atoms with E-state index in [1.165, 1.54) is 11.8 Å². The fourth-order valence-corrected chi connectivity index (χ4v) is 3.18. The van der Waals surface area contributed by atoms with Crippen LogP contribution in [-0.2, 0) is 11.3 Å². The lowest BCUT2D eigenvalue weighted by molar-refractivity contribution is -0.120. The molecule has 0 aliphatic rings. The van der Waals surface area contributed by atoms with E-state index in [1.54, 1.807) is 13.2 Å². The van der Waals surface area contributed by atoms with Crippen LogP contribution in [0.5, 0.6) is 5.75 Å². The van der Waals surface area contributed by atoms with Crippen LogP contribution in [-0.4, -0.2) is 39.6 Å². The summed E-state index contributed by atoms with van der Waals surface area (Å²) in [7, 11) is 1.63. The Morgan fingerprint density at radius 3 is 2.88 bits per heavy atom. The van der Waals surface area contributed by atoms with Crippen molar-refractivity contribution in [2.45, 2.75) is 37.2 Å². The lowest BCUT2D eigenvalue weighted by Crippen LogP contribution is -2.31. The quantitative estimate of drug-likeness (QED) is 0.549. The maximum Gasteiger partial charge on any atom is 0.233 e. The number of thioether (sulfide) groups is 1. The molecule has 0 unspecified atom stereocenters. The molecule has 134 valence electrons. The van der Waals surface area contributed by atoms with Crippen molar-refractivity contribution in [3.8, 4) is 17.1 Å². The van der Waals surface area contributed by atoms with E-state index < -0.39 is 0 Å². The zero-order valence-corrected chi connectivity index (χ0v) is 15.7. The molecule has 1 N–H and O–H groups in total. The highest BCUT2D eigenvalue weighted by atomic mass is 32.2. The van der Waals surface area contributed by atoms with Crippen molar-refractivity contribution in [1.29, 1.82) is 0 Å². The molecule has 1 amide bonds. The van der Waals surface area contributed by atoms with E-state index in [9.17, 15) is 4.79 Å². The topological polar surface area (TPSA) is 69.0 Å². The Balaban J connectivity index is 2.30. The molecular formula is C18H24N4O2S. The number of ether oxygens (including phenoxy) is 1. The highest BCUT2D eigenvalue weighted by Gasteiger charge is 2.21. The van der Waals surface area contributed by atoms with E-state index >= 15 is 0 Å². The Bertz CT molecular complexity index is 730. The molecule has 7 heteroatoms. The van der Waals surface area contributed by atoms with Crippen LogP contribution in [0, 0.1) is 0 Å². The van der Waals surface area contributed by atoms with E-state index in [4.69, 9.17) is 4.74 Å². The molecule has 0 fully saturated rings. The molecule has 6 nitrogen and oxygen atoms in total. The predicted molar refractivity (Wildman–Crippen MR) is 101 cm³/mol. The third-order valence-corrected chi connectivity index (χ3v) is 4.66. The number of rotatable bonds is 9. The standard InChI is InChI=1S/C18H24N4O2S/c1-5-11-19-17(23)13(3)25-18-21-20-16(22(18)12-6-2)14-9-7-8-10-15(14)24-4/h6-10,13H,2,5,11-12H2,1,3-4H3,(H,19,23)/t13-/m1/s1. The van der Waals surface area contributed by atoms with Crippen LogP contribution >= 0.6 is 11.8 Å². The van der Waals surface area contributed by atoms with Gasteiger partial charge in [-0.1, -0.05) is 36.9 Å². The SMILES string of the molecule is C=CCn1c(S[C@H](C)C(=O)NCCC)nnc1-c1ccccc1OC. The van der Waals surface area contributed by atoms with Gasteiger partial charge in [0, 0.05) is 13.1 Å². The van der Waals surface area contributed by atoms with Gasteiger partial charge in [-0.3, -0.25) is 9.36 Å². The number of carbonyl (C=O) groups is 1. The van der Waals surface area contributed by atoms with Gasteiger partial charge in [-0.2, -0.15) is 0 Å². The van der Waals surface area contributed by atoms with Crippen molar-refractivity contribution >= 4 is 17.7 Å². The number of hydrogen-bond acceptors (Lipinski definition) is 5. The third-order valence-electron chi connectivity index (χ3n) is 3.58. The number of allylic oxidation sites excluding steroid dienone is 1. The van der Waals surface area contributed by atoms with Gasteiger partial charge in [0.1, 0.15) is 5.75 Å².